The van der Waals surface area contributed by atoms with Gasteiger partial charge in [0.25, 0.3) is 0 Å². The van der Waals surface area contributed by atoms with Gasteiger partial charge in [-0.25, -0.2) is 0 Å². The Hall–Kier alpha value is -0.480. The number of hydrogen-bond acceptors (Lipinski definition) is 1. The molecule has 0 spiro atoms. The molecule has 1 atom stereocenters. The van der Waals surface area contributed by atoms with Gasteiger partial charge in [0, 0.05) is 12.5 Å². The number of unbranched alkanes of at least 4 members (excludes halogenated alkanes) is 1. The van der Waals surface area contributed by atoms with E-state index in [9.17, 15) is 0 Å². The van der Waals surface area contributed by atoms with Crippen LogP contribution in [0.1, 0.15) is 65.2 Å². The predicted molar refractivity (Wildman–Crippen MR) is 71.0 cm³/mol. The molecular weight excluding hydrogens is 194 g/mol. The van der Waals surface area contributed by atoms with Gasteiger partial charge in [-0.3, -0.25) is 0 Å². The highest BCUT2D eigenvalue weighted by Gasteiger charge is 2.39. The molecule has 1 rings (SSSR count). The molecule has 0 bridgehead atoms. The van der Waals surface area contributed by atoms with Crippen LogP contribution in [0.5, 0.6) is 0 Å². The molecule has 0 saturated heterocycles. The van der Waals surface area contributed by atoms with Crippen LogP contribution in [-0.2, 0) is 0 Å². The molecule has 1 nitrogen and oxygen atoms in total. The molecule has 1 heteroatoms. The number of terminal acetylenes is 1. The fourth-order valence-electron chi connectivity index (χ4n) is 3.35. The molecule has 0 aromatic rings. The molecule has 2 N–H and O–H groups in total. The first-order chi connectivity index (χ1) is 7.60. The van der Waals surface area contributed by atoms with Crippen LogP contribution in [0.25, 0.3) is 0 Å². The highest BCUT2D eigenvalue weighted by atomic mass is 14.7. The van der Waals surface area contributed by atoms with Crippen molar-refractivity contribution in [1.29, 1.82) is 0 Å². The first kappa shape index (κ1) is 13.6. The Morgan fingerprint density at radius 1 is 1.31 bits per heavy atom. The van der Waals surface area contributed by atoms with E-state index >= 15 is 0 Å². The summed E-state index contributed by atoms with van der Waals surface area (Å²) in [4.78, 5) is 0. The standard InChI is InChI=1S/C15H27N/c1-4-5-6-9-14(16)15(12-13(2)3)10-7-8-11-15/h1,13-14H,5-12,16H2,2-3H3. The minimum atomic E-state index is 0.366. The summed E-state index contributed by atoms with van der Waals surface area (Å²) in [7, 11) is 0. The normalized spacial score (nSPS) is 20.9. The predicted octanol–water partition coefficient (Wildman–Crippen LogP) is 3.72. The van der Waals surface area contributed by atoms with Crippen molar-refractivity contribution < 1.29 is 0 Å². The zero-order valence-corrected chi connectivity index (χ0v) is 11.0. The van der Waals surface area contributed by atoms with Gasteiger partial charge in [-0.15, -0.1) is 12.3 Å². The van der Waals surface area contributed by atoms with E-state index in [1.807, 2.05) is 0 Å². The van der Waals surface area contributed by atoms with Crippen LogP contribution in [0.3, 0.4) is 0 Å². The zero-order valence-electron chi connectivity index (χ0n) is 11.0. The van der Waals surface area contributed by atoms with Crippen molar-refractivity contribution in [2.75, 3.05) is 0 Å². The molecule has 0 aliphatic heterocycles. The summed E-state index contributed by atoms with van der Waals surface area (Å²) >= 11 is 0. The summed E-state index contributed by atoms with van der Waals surface area (Å²) in [6, 6.07) is 0.366. The molecule has 0 aromatic carbocycles. The Balaban J connectivity index is 2.51. The molecule has 0 aromatic heterocycles. The highest BCUT2D eigenvalue weighted by molar-refractivity contribution is 4.94. The van der Waals surface area contributed by atoms with Crippen molar-refractivity contribution >= 4 is 0 Å². The van der Waals surface area contributed by atoms with E-state index in [0.717, 1.165) is 25.2 Å². The lowest BCUT2D eigenvalue weighted by Gasteiger charge is -2.37. The van der Waals surface area contributed by atoms with Gasteiger partial charge in [0.1, 0.15) is 0 Å². The van der Waals surface area contributed by atoms with E-state index in [-0.39, 0.29) is 0 Å². The van der Waals surface area contributed by atoms with E-state index < -0.39 is 0 Å². The van der Waals surface area contributed by atoms with Gasteiger partial charge < -0.3 is 5.73 Å². The second-order valence-electron chi connectivity index (χ2n) is 5.87. The first-order valence-electron chi connectivity index (χ1n) is 6.80. The zero-order chi connectivity index (χ0) is 12.0. The summed E-state index contributed by atoms with van der Waals surface area (Å²) in [6.07, 6.45) is 15.1. The molecule has 0 heterocycles. The molecule has 16 heavy (non-hydrogen) atoms. The lowest BCUT2D eigenvalue weighted by Crippen LogP contribution is -2.40. The second-order valence-corrected chi connectivity index (χ2v) is 5.87. The number of rotatable bonds is 6. The third kappa shape index (κ3) is 3.52. The van der Waals surface area contributed by atoms with Crippen LogP contribution in [0, 0.1) is 23.7 Å². The summed E-state index contributed by atoms with van der Waals surface area (Å²) in [6.45, 7) is 4.63. The average Bonchev–Trinajstić information content (AvgIpc) is 2.67. The second kappa shape index (κ2) is 6.30. The van der Waals surface area contributed by atoms with Crippen LogP contribution in [0.15, 0.2) is 0 Å². The van der Waals surface area contributed by atoms with Crippen molar-refractivity contribution in [3.8, 4) is 12.3 Å². The molecule has 1 fully saturated rings. The summed E-state index contributed by atoms with van der Waals surface area (Å²) in [5.74, 6) is 3.47. The molecule has 0 amide bonds. The Bertz CT molecular complexity index is 230. The van der Waals surface area contributed by atoms with Crippen LogP contribution in [0.2, 0.25) is 0 Å². The Labute approximate surface area is 101 Å². The fraction of sp³-hybridized carbons (Fsp3) is 0.867. The van der Waals surface area contributed by atoms with Gasteiger partial charge in [0.2, 0.25) is 0 Å². The molecule has 1 saturated carbocycles. The lowest BCUT2D eigenvalue weighted by atomic mass is 9.71. The SMILES string of the molecule is C#CCCCC(N)C1(CC(C)C)CCCC1. The minimum absolute atomic E-state index is 0.366. The van der Waals surface area contributed by atoms with Gasteiger partial charge in [-0.05, 0) is 43.4 Å². The maximum Gasteiger partial charge on any atom is 0.00959 e. The summed E-state index contributed by atoms with van der Waals surface area (Å²) < 4.78 is 0. The monoisotopic (exact) mass is 221 g/mol. The van der Waals surface area contributed by atoms with Gasteiger partial charge >= 0.3 is 0 Å². The summed E-state index contributed by atoms with van der Waals surface area (Å²) in [5, 5.41) is 0. The quantitative estimate of drug-likeness (QED) is 0.537. The maximum atomic E-state index is 6.43. The maximum absolute atomic E-state index is 6.43. The first-order valence-corrected chi connectivity index (χ1v) is 6.80. The third-order valence-electron chi connectivity index (χ3n) is 4.04. The molecule has 1 aliphatic rings. The van der Waals surface area contributed by atoms with Crippen molar-refractivity contribution in [1.82, 2.24) is 0 Å². The molecule has 92 valence electrons. The average molecular weight is 221 g/mol. The van der Waals surface area contributed by atoms with Crippen LogP contribution in [-0.4, -0.2) is 6.04 Å². The van der Waals surface area contributed by atoms with Crippen molar-refractivity contribution in [3.05, 3.63) is 0 Å². The number of hydrogen-bond donors (Lipinski definition) is 1. The Morgan fingerprint density at radius 3 is 2.44 bits per heavy atom. The van der Waals surface area contributed by atoms with Crippen molar-refractivity contribution in [3.63, 3.8) is 0 Å². The molecule has 1 aliphatic carbocycles. The van der Waals surface area contributed by atoms with Crippen molar-refractivity contribution in [2.45, 2.75) is 71.3 Å². The molecule has 1 unspecified atom stereocenters. The summed E-state index contributed by atoms with van der Waals surface area (Å²) in [5.41, 5.74) is 6.87. The van der Waals surface area contributed by atoms with Crippen molar-refractivity contribution in [2.24, 2.45) is 17.1 Å². The van der Waals surface area contributed by atoms with E-state index in [1.54, 1.807) is 0 Å². The van der Waals surface area contributed by atoms with Crippen LogP contribution >= 0.6 is 0 Å². The highest BCUT2D eigenvalue weighted by Crippen LogP contribution is 2.46. The van der Waals surface area contributed by atoms with E-state index in [0.29, 0.717) is 11.5 Å². The largest absolute Gasteiger partial charge is 0.327 e. The topological polar surface area (TPSA) is 26.0 Å². The Morgan fingerprint density at radius 2 is 1.94 bits per heavy atom. The molecule has 0 radical (unpaired) electrons. The molecular formula is C15H27N. The van der Waals surface area contributed by atoms with Crippen LogP contribution < -0.4 is 5.73 Å². The number of nitrogens with two attached hydrogens (primary N) is 1. The minimum Gasteiger partial charge on any atom is -0.327 e. The van der Waals surface area contributed by atoms with E-state index in [4.69, 9.17) is 12.2 Å². The lowest BCUT2D eigenvalue weighted by molar-refractivity contribution is 0.174. The van der Waals surface area contributed by atoms with E-state index in [1.165, 1.54) is 32.1 Å². The van der Waals surface area contributed by atoms with Crippen LogP contribution in [0.4, 0.5) is 0 Å². The third-order valence-corrected chi connectivity index (χ3v) is 4.04. The smallest absolute Gasteiger partial charge is 0.00959 e. The fourth-order valence-corrected chi connectivity index (χ4v) is 3.35. The van der Waals surface area contributed by atoms with Gasteiger partial charge in [-0.1, -0.05) is 26.7 Å². The van der Waals surface area contributed by atoms with Gasteiger partial charge in [-0.2, -0.15) is 0 Å². The Kier molecular flexibility index (Phi) is 5.35. The van der Waals surface area contributed by atoms with Gasteiger partial charge in [0.15, 0.2) is 0 Å². The van der Waals surface area contributed by atoms with E-state index in [2.05, 4.69) is 19.8 Å². The van der Waals surface area contributed by atoms with Gasteiger partial charge in [0.05, 0.1) is 0 Å².